The van der Waals surface area contributed by atoms with Crippen molar-refractivity contribution in [3.05, 3.63) is 35.7 Å². The number of ether oxygens (including phenoxy) is 1. The van der Waals surface area contributed by atoms with Gasteiger partial charge in [0.05, 0.1) is 12.3 Å². The van der Waals surface area contributed by atoms with Crippen molar-refractivity contribution in [2.45, 2.75) is 44.7 Å². The quantitative estimate of drug-likeness (QED) is 0.607. The molecular formula is C19H27N7O2. The van der Waals surface area contributed by atoms with E-state index in [0.29, 0.717) is 30.5 Å². The maximum atomic E-state index is 11.8. The second-order valence-corrected chi connectivity index (χ2v) is 7.92. The molecule has 1 amide bonds. The number of primary amides is 1. The number of pyridine rings is 1. The number of carbonyl (C=O) groups excluding carboxylic acids is 1. The van der Waals surface area contributed by atoms with Crippen LogP contribution in [0.1, 0.15) is 43.4 Å². The fraction of sp³-hybridized carbons (Fsp3) is 0.474. The molecule has 1 aliphatic rings. The molecule has 0 radical (unpaired) electrons. The molecular weight excluding hydrogens is 358 g/mol. The van der Waals surface area contributed by atoms with Crippen LogP contribution in [0.15, 0.2) is 24.3 Å². The molecule has 0 bridgehead atoms. The van der Waals surface area contributed by atoms with Crippen LogP contribution in [0.2, 0.25) is 0 Å². The van der Waals surface area contributed by atoms with Crippen LogP contribution in [-0.4, -0.2) is 46.4 Å². The lowest BCUT2D eigenvalue weighted by molar-refractivity contribution is 0.0751. The van der Waals surface area contributed by atoms with Crippen LogP contribution in [0.25, 0.3) is 0 Å². The number of aromatic nitrogens is 3. The number of nitrogens with zero attached hydrogens (tertiary/aromatic N) is 3. The van der Waals surface area contributed by atoms with Crippen molar-refractivity contribution < 1.29 is 9.53 Å². The van der Waals surface area contributed by atoms with Crippen molar-refractivity contribution in [3.63, 3.8) is 0 Å². The van der Waals surface area contributed by atoms with E-state index in [4.69, 9.17) is 16.2 Å². The summed E-state index contributed by atoms with van der Waals surface area (Å²) < 4.78 is 5.36. The van der Waals surface area contributed by atoms with Crippen LogP contribution in [0.5, 0.6) is 0 Å². The summed E-state index contributed by atoms with van der Waals surface area (Å²) in [7, 11) is 0. The van der Waals surface area contributed by atoms with Gasteiger partial charge in [0.1, 0.15) is 5.82 Å². The number of rotatable bonds is 5. The Labute approximate surface area is 164 Å². The molecule has 9 heteroatoms. The van der Waals surface area contributed by atoms with E-state index in [-0.39, 0.29) is 23.2 Å². The van der Waals surface area contributed by atoms with E-state index < -0.39 is 5.91 Å². The van der Waals surface area contributed by atoms with Crippen LogP contribution in [0.3, 0.4) is 0 Å². The van der Waals surface area contributed by atoms with Gasteiger partial charge in [-0.05, 0) is 18.6 Å². The second-order valence-electron chi connectivity index (χ2n) is 7.92. The third kappa shape index (κ3) is 4.73. The Bertz CT molecular complexity index is 850. The molecule has 1 saturated heterocycles. The Morgan fingerprint density at radius 2 is 2.04 bits per heavy atom. The average molecular weight is 385 g/mol. The standard InChI is InChI=1S/C19H27N7O2/c1-19(2,3)14-5-4-6-15(24-14)23-13-9-16(25-26-17(13)18(21)27)22-12-7-8-28-10-11(12)20/h4-6,9,11-12H,7-8,10,20H2,1-3H3,(H2,21,27)(H2,22,23,24,25). The Kier molecular flexibility index (Phi) is 5.76. The first-order valence-corrected chi connectivity index (χ1v) is 9.26. The van der Waals surface area contributed by atoms with Gasteiger partial charge < -0.3 is 26.8 Å². The zero-order chi connectivity index (χ0) is 20.3. The van der Waals surface area contributed by atoms with Crippen molar-refractivity contribution in [2.24, 2.45) is 11.5 Å². The summed E-state index contributed by atoms with van der Waals surface area (Å²) in [5, 5.41) is 14.5. The van der Waals surface area contributed by atoms with Gasteiger partial charge >= 0.3 is 0 Å². The van der Waals surface area contributed by atoms with Crippen LogP contribution >= 0.6 is 0 Å². The SMILES string of the molecule is CC(C)(C)c1cccc(Nc2cc(NC3CCOCC3N)nnc2C(N)=O)n1. The van der Waals surface area contributed by atoms with Gasteiger partial charge in [-0.2, -0.15) is 0 Å². The summed E-state index contributed by atoms with van der Waals surface area (Å²) in [5.74, 6) is 0.426. The highest BCUT2D eigenvalue weighted by Crippen LogP contribution is 2.25. The number of nitrogens with two attached hydrogens (primary N) is 2. The van der Waals surface area contributed by atoms with E-state index in [1.165, 1.54) is 0 Å². The summed E-state index contributed by atoms with van der Waals surface area (Å²) >= 11 is 0. The third-order valence-corrected chi connectivity index (χ3v) is 4.54. The number of hydrogen-bond acceptors (Lipinski definition) is 8. The smallest absolute Gasteiger partial charge is 0.271 e. The molecule has 0 aliphatic carbocycles. The molecule has 2 atom stereocenters. The molecule has 0 aromatic carbocycles. The van der Waals surface area contributed by atoms with E-state index in [1.807, 2.05) is 18.2 Å². The number of anilines is 3. The third-order valence-electron chi connectivity index (χ3n) is 4.54. The Balaban J connectivity index is 1.87. The molecule has 3 rings (SSSR count). The number of hydrogen-bond donors (Lipinski definition) is 4. The zero-order valence-corrected chi connectivity index (χ0v) is 16.4. The molecule has 2 aromatic rings. The summed E-state index contributed by atoms with van der Waals surface area (Å²) in [6.07, 6.45) is 0.762. The molecule has 28 heavy (non-hydrogen) atoms. The molecule has 6 N–H and O–H groups in total. The highest BCUT2D eigenvalue weighted by atomic mass is 16.5. The van der Waals surface area contributed by atoms with Crippen molar-refractivity contribution in [1.29, 1.82) is 0 Å². The molecule has 2 unspecified atom stereocenters. The van der Waals surface area contributed by atoms with Crippen molar-refractivity contribution in [3.8, 4) is 0 Å². The maximum absolute atomic E-state index is 11.8. The summed E-state index contributed by atoms with van der Waals surface area (Å²) in [5.41, 5.74) is 12.9. The number of nitrogens with one attached hydrogen (secondary N) is 2. The number of carbonyl (C=O) groups is 1. The van der Waals surface area contributed by atoms with Gasteiger partial charge in [-0.15, -0.1) is 10.2 Å². The predicted molar refractivity (Wildman–Crippen MR) is 108 cm³/mol. The van der Waals surface area contributed by atoms with Gasteiger partial charge in [0.25, 0.3) is 5.91 Å². The largest absolute Gasteiger partial charge is 0.380 e. The van der Waals surface area contributed by atoms with E-state index in [0.717, 1.165) is 12.1 Å². The number of amides is 1. The molecule has 1 aliphatic heterocycles. The van der Waals surface area contributed by atoms with Gasteiger partial charge in [0.2, 0.25) is 0 Å². The summed E-state index contributed by atoms with van der Waals surface area (Å²) in [6, 6.07) is 7.26. The van der Waals surface area contributed by atoms with Crippen molar-refractivity contribution in [2.75, 3.05) is 23.8 Å². The predicted octanol–water partition coefficient (Wildman–Crippen LogP) is 1.54. The second kappa shape index (κ2) is 8.07. The van der Waals surface area contributed by atoms with Crippen LogP contribution in [0, 0.1) is 0 Å². The van der Waals surface area contributed by atoms with Crippen molar-refractivity contribution >= 4 is 23.2 Å². The van der Waals surface area contributed by atoms with Gasteiger partial charge in [-0.3, -0.25) is 4.79 Å². The monoisotopic (exact) mass is 385 g/mol. The lowest BCUT2D eigenvalue weighted by atomic mass is 9.92. The summed E-state index contributed by atoms with van der Waals surface area (Å²) in [6.45, 7) is 7.37. The molecule has 9 nitrogen and oxygen atoms in total. The molecule has 150 valence electrons. The molecule has 1 fully saturated rings. The normalized spacial score (nSPS) is 19.9. The van der Waals surface area contributed by atoms with E-state index in [9.17, 15) is 4.79 Å². The van der Waals surface area contributed by atoms with E-state index in [1.54, 1.807) is 6.07 Å². The fourth-order valence-electron chi connectivity index (χ4n) is 2.93. The Morgan fingerprint density at radius 1 is 1.25 bits per heavy atom. The minimum Gasteiger partial charge on any atom is -0.380 e. The molecule has 0 saturated carbocycles. The topological polar surface area (TPSA) is 141 Å². The molecule has 0 spiro atoms. The lowest BCUT2D eigenvalue weighted by Gasteiger charge is -2.29. The highest BCUT2D eigenvalue weighted by Gasteiger charge is 2.23. The van der Waals surface area contributed by atoms with Crippen molar-refractivity contribution in [1.82, 2.24) is 15.2 Å². The van der Waals surface area contributed by atoms with Gasteiger partial charge in [-0.25, -0.2) is 4.98 Å². The van der Waals surface area contributed by atoms with Crippen LogP contribution < -0.4 is 22.1 Å². The van der Waals surface area contributed by atoms with Crippen LogP contribution in [0.4, 0.5) is 17.3 Å². The van der Waals surface area contributed by atoms with E-state index in [2.05, 4.69) is 46.6 Å². The Hall–Kier alpha value is -2.78. The minimum absolute atomic E-state index is 0.0117. The lowest BCUT2D eigenvalue weighted by Crippen LogP contribution is -2.47. The van der Waals surface area contributed by atoms with Gasteiger partial charge in [-0.1, -0.05) is 26.8 Å². The maximum Gasteiger partial charge on any atom is 0.271 e. The zero-order valence-electron chi connectivity index (χ0n) is 16.4. The molecule has 2 aromatic heterocycles. The minimum atomic E-state index is -0.670. The average Bonchev–Trinajstić information content (AvgIpc) is 2.63. The Morgan fingerprint density at radius 3 is 2.71 bits per heavy atom. The van der Waals surface area contributed by atoms with Crippen LogP contribution in [-0.2, 0) is 10.2 Å². The first-order valence-electron chi connectivity index (χ1n) is 9.26. The van der Waals surface area contributed by atoms with E-state index >= 15 is 0 Å². The fourth-order valence-corrected chi connectivity index (χ4v) is 2.93. The van der Waals surface area contributed by atoms with Gasteiger partial charge in [0, 0.05) is 35.9 Å². The highest BCUT2D eigenvalue weighted by molar-refractivity contribution is 5.97. The first-order chi connectivity index (χ1) is 13.2. The molecule has 3 heterocycles. The van der Waals surface area contributed by atoms with Gasteiger partial charge in [0.15, 0.2) is 11.5 Å². The first kappa shape index (κ1) is 20.0. The summed E-state index contributed by atoms with van der Waals surface area (Å²) in [4.78, 5) is 16.4.